The maximum absolute atomic E-state index is 12.8. The van der Waals surface area contributed by atoms with Gasteiger partial charge in [0.15, 0.2) is 5.65 Å². The van der Waals surface area contributed by atoms with Crippen molar-refractivity contribution in [3.05, 3.63) is 106 Å². The summed E-state index contributed by atoms with van der Waals surface area (Å²) in [7, 11) is 0. The Morgan fingerprint density at radius 3 is 2.41 bits per heavy atom. The van der Waals surface area contributed by atoms with E-state index in [-0.39, 0.29) is 5.91 Å². The number of nitrogens with zero attached hydrogens (tertiary/aromatic N) is 3. The zero-order valence-electron chi connectivity index (χ0n) is 18.3. The van der Waals surface area contributed by atoms with Crippen LogP contribution >= 0.6 is 22.6 Å². The molecule has 0 radical (unpaired) electrons. The lowest BCUT2D eigenvalue weighted by Crippen LogP contribution is -2.13. The van der Waals surface area contributed by atoms with Crippen molar-refractivity contribution in [2.24, 2.45) is 0 Å². The van der Waals surface area contributed by atoms with Gasteiger partial charge < -0.3 is 5.32 Å². The molecule has 5 nitrogen and oxygen atoms in total. The van der Waals surface area contributed by atoms with Crippen LogP contribution in [0.5, 0.6) is 0 Å². The van der Waals surface area contributed by atoms with Crippen LogP contribution in [0.3, 0.4) is 0 Å². The van der Waals surface area contributed by atoms with E-state index in [0.717, 1.165) is 42.3 Å². The van der Waals surface area contributed by atoms with Crippen molar-refractivity contribution in [3.63, 3.8) is 0 Å². The van der Waals surface area contributed by atoms with Gasteiger partial charge in [-0.25, -0.2) is 9.50 Å². The fourth-order valence-electron chi connectivity index (χ4n) is 4.23. The number of nitrogens with one attached hydrogen (secondary N) is 1. The van der Waals surface area contributed by atoms with Gasteiger partial charge in [0.1, 0.15) is 0 Å². The van der Waals surface area contributed by atoms with Gasteiger partial charge in [-0.2, -0.15) is 5.10 Å². The molecule has 0 saturated carbocycles. The third-order valence-electron chi connectivity index (χ3n) is 5.96. The molecule has 6 heteroatoms. The van der Waals surface area contributed by atoms with Crippen molar-refractivity contribution >= 4 is 61.6 Å². The van der Waals surface area contributed by atoms with Crippen LogP contribution in [-0.2, 0) is 0 Å². The maximum Gasteiger partial charge on any atom is 0.256 e. The predicted molar refractivity (Wildman–Crippen MR) is 145 cm³/mol. The second kappa shape index (κ2) is 8.22. The van der Waals surface area contributed by atoms with E-state index in [1.807, 2.05) is 59.1 Å². The van der Waals surface area contributed by atoms with E-state index in [0.29, 0.717) is 11.3 Å². The summed E-state index contributed by atoms with van der Waals surface area (Å²) in [5, 5.41) is 10.1. The van der Waals surface area contributed by atoms with E-state index in [2.05, 4.69) is 71.2 Å². The molecule has 0 aliphatic rings. The molecule has 4 aromatic carbocycles. The highest BCUT2D eigenvalue weighted by molar-refractivity contribution is 14.1. The van der Waals surface area contributed by atoms with Crippen LogP contribution in [-0.4, -0.2) is 20.5 Å². The Morgan fingerprint density at radius 2 is 1.62 bits per heavy atom. The SMILES string of the molecule is Cc1ccc(-c2nn3c4ccc(NC(=O)c5ccccc5I)cc4nc3c3ccccc23)cc1. The summed E-state index contributed by atoms with van der Waals surface area (Å²) in [5.74, 6) is -0.140. The summed E-state index contributed by atoms with van der Waals surface area (Å²) >= 11 is 2.17. The van der Waals surface area contributed by atoms with Gasteiger partial charge in [-0.3, -0.25) is 4.79 Å². The fraction of sp³-hybridized carbons (Fsp3) is 0.0357. The molecule has 0 unspecified atom stereocenters. The predicted octanol–water partition coefficient (Wildman–Crippen LogP) is 6.87. The third-order valence-corrected chi connectivity index (χ3v) is 6.90. The number of hydrogen-bond acceptors (Lipinski definition) is 3. The summed E-state index contributed by atoms with van der Waals surface area (Å²) < 4.78 is 2.81. The van der Waals surface area contributed by atoms with Crippen molar-refractivity contribution in [2.45, 2.75) is 6.92 Å². The van der Waals surface area contributed by atoms with Gasteiger partial charge in [0.2, 0.25) is 0 Å². The molecular weight excluding hydrogens is 535 g/mol. The van der Waals surface area contributed by atoms with Crippen molar-refractivity contribution < 1.29 is 4.79 Å². The van der Waals surface area contributed by atoms with Crippen LogP contribution in [0.25, 0.3) is 38.7 Å². The first kappa shape index (κ1) is 20.8. The quantitative estimate of drug-likeness (QED) is 0.243. The minimum Gasteiger partial charge on any atom is -0.322 e. The molecule has 0 bridgehead atoms. The second-order valence-corrected chi connectivity index (χ2v) is 9.41. The Kier molecular flexibility index (Phi) is 5.03. The van der Waals surface area contributed by atoms with E-state index < -0.39 is 0 Å². The maximum atomic E-state index is 12.8. The largest absolute Gasteiger partial charge is 0.322 e. The molecular formula is C28H19IN4O. The van der Waals surface area contributed by atoms with Crippen LogP contribution in [0.4, 0.5) is 5.69 Å². The standard InChI is InChI=1S/C28H19IN4O/c1-17-10-12-18(13-11-17)26-20-6-2-3-7-21(20)27-31-24-16-19(14-15-25(24)33(27)32-26)30-28(34)22-8-4-5-9-23(22)29/h2-16H,1H3,(H,30,34). The Hall–Kier alpha value is -3.78. The van der Waals surface area contributed by atoms with Gasteiger partial charge >= 0.3 is 0 Å². The van der Waals surface area contributed by atoms with Gasteiger partial charge in [-0.1, -0.05) is 66.2 Å². The number of fused-ring (bicyclic) bond motifs is 5. The minimum atomic E-state index is -0.140. The van der Waals surface area contributed by atoms with E-state index in [4.69, 9.17) is 10.1 Å². The van der Waals surface area contributed by atoms with Gasteiger partial charge in [0.25, 0.3) is 5.91 Å². The van der Waals surface area contributed by atoms with Crippen LogP contribution in [0.2, 0.25) is 0 Å². The minimum absolute atomic E-state index is 0.140. The molecule has 1 N–H and O–H groups in total. The number of imidazole rings is 1. The first-order valence-corrected chi connectivity index (χ1v) is 12.0. The normalized spacial score (nSPS) is 11.4. The van der Waals surface area contributed by atoms with Gasteiger partial charge in [0, 0.05) is 25.6 Å². The van der Waals surface area contributed by atoms with Crippen molar-refractivity contribution in [1.82, 2.24) is 14.6 Å². The number of halogens is 1. The number of hydrogen-bond donors (Lipinski definition) is 1. The number of carbonyl (C=O) groups excluding carboxylic acids is 1. The smallest absolute Gasteiger partial charge is 0.256 e. The number of aromatic nitrogens is 3. The van der Waals surface area contributed by atoms with E-state index in [9.17, 15) is 4.79 Å². The lowest BCUT2D eigenvalue weighted by atomic mass is 10.0. The Balaban J connectivity index is 1.50. The average Bonchev–Trinajstić information content (AvgIpc) is 3.22. The Morgan fingerprint density at radius 1 is 0.882 bits per heavy atom. The van der Waals surface area contributed by atoms with E-state index in [1.54, 1.807) is 0 Å². The summed E-state index contributed by atoms with van der Waals surface area (Å²) in [6, 6.07) is 29.9. The summed E-state index contributed by atoms with van der Waals surface area (Å²) in [5.41, 5.74) is 6.99. The average molecular weight is 554 g/mol. The molecule has 2 aromatic heterocycles. The van der Waals surface area contributed by atoms with Crippen LogP contribution < -0.4 is 5.32 Å². The lowest BCUT2D eigenvalue weighted by Gasteiger charge is -2.09. The highest BCUT2D eigenvalue weighted by Gasteiger charge is 2.16. The van der Waals surface area contributed by atoms with Gasteiger partial charge in [-0.05, 0) is 59.8 Å². The highest BCUT2D eigenvalue weighted by atomic mass is 127. The van der Waals surface area contributed by atoms with Gasteiger partial charge in [0.05, 0.1) is 22.3 Å². The first-order valence-electron chi connectivity index (χ1n) is 10.9. The molecule has 6 rings (SSSR count). The molecule has 2 heterocycles. The monoisotopic (exact) mass is 554 g/mol. The van der Waals surface area contributed by atoms with Crippen molar-refractivity contribution in [2.75, 3.05) is 5.32 Å². The van der Waals surface area contributed by atoms with E-state index in [1.165, 1.54) is 5.56 Å². The molecule has 0 aliphatic carbocycles. The number of anilines is 1. The molecule has 0 atom stereocenters. The fourth-order valence-corrected chi connectivity index (χ4v) is 4.86. The summed E-state index contributed by atoms with van der Waals surface area (Å²) in [6.07, 6.45) is 0. The molecule has 1 amide bonds. The zero-order valence-corrected chi connectivity index (χ0v) is 20.4. The zero-order chi connectivity index (χ0) is 23.2. The van der Waals surface area contributed by atoms with Crippen molar-refractivity contribution in [3.8, 4) is 11.3 Å². The summed E-state index contributed by atoms with van der Waals surface area (Å²) in [6.45, 7) is 2.08. The molecule has 0 spiro atoms. The van der Waals surface area contributed by atoms with Crippen molar-refractivity contribution in [1.29, 1.82) is 0 Å². The third kappa shape index (κ3) is 3.51. The molecule has 0 fully saturated rings. The lowest BCUT2D eigenvalue weighted by molar-refractivity contribution is 0.102. The highest BCUT2D eigenvalue weighted by Crippen LogP contribution is 2.31. The van der Waals surface area contributed by atoms with E-state index >= 15 is 0 Å². The second-order valence-electron chi connectivity index (χ2n) is 8.24. The van der Waals surface area contributed by atoms with Crippen LogP contribution in [0, 0.1) is 10.5 Å². The summed E-state index contributed by atoms with van der Waals surface area (Å²) in [4.78, 5) is 17.7. The molecule has 164 valence electrons. The Labute approximate surface area is 209 Å². The molecule has 0 saturated heterocycles. The number of rotatable bonds is 3. The number of aryl methyl sites for hydroxylation is 1. The van der Waals surface area contributed by atoms with Gasteiger partial charge in [-0.15, -0.1) is 0 Å². The topological polar surface area (TPSA) is 59.3 Å². The number of benzene rings is 4. The molecule has 0 aliphatic heterocycles. The molecule has 6 aromatic rings. The molecule has 34 heavy (non-hydrogen) atoms. The van der Waals surface area contributed by atoms with Crippen LogP contribution in [0.15, 0.2) is 91.0 Å². The number of carbonyl (C=O) groups is 1. The van der Waals surface area contributed by atoms with Crippen LogP contribution in [0.1, 0.15) is 15.9 Å². The number of amides is 1. The Bertz CT molecular complexity index is 1720. The first-order chi connectivity index (χ1) is 16.6.